The molecule has 3 N–H and O–H groups in total. The van der Waals surface area contributed by atoms with Crippen LogP contribution in [0.25, 0.3) is 27.8 Å². The zero-order chi connectivity index (χ0) is 29.3. The number of nitrogens with zero attached hydrogens (tertiary/aromatic N) is 4. The topological polar surface area (TPSA) is 125 Å². The minimum Gasteiger partial charge on any atom is -0.473 e. The Morgan fingerprint density at radius 3 is 2.36 bits per heavy atom. The van der Waals surface area contributed by atoms with E-state index in [2.05, 4.69) is 31.7 Å². The highest BCUT2D eigenvalue weighted by Crippen LogP contribution is 2.33. The van der Waals surface area contributed by atoms with Crippen molar-refractivity contribution >= 4 is 38.4 Å². The molecule has 0 unspecified atom stereocenters. The molecular weight excluding hydrogens is 552 g/mol. The van der Waals surface area contributed by atoms with Crippen molar-refractivity contribution in [2.75, 3.05) is 41.7 Å². The molecule has 1 aliphatic heterocycles. The Balaban J connectivity index is 1.37. The Kier molecular flexibility index (Phi) is 7.44. The number of benzene rings is 3. The van der Waals surface area contributed by atoms with Crippen LogP contribution in [0.2, 0.25) is 0 Å². The first-order chi connectivity index (χ1) is 20.3. The van der Waals surface area contributed by atoms with Gasteiger partial charge in [0, 0.05) is 36.2 Å². The fourth-order valence-corrected chi connectivity index (χ4v) is 6.05. The van der Waals surface area contributed by atoms with E-state index in [1.54, 1.807) is 30.5 Å². The Morgan fingerprint density at radius 2 is 1.64 bits per heavy atom. The molecule has 216 valence electrons. The molecule has 42 heavy (non-hydrogen) atoms. The Hall–Kier alpha value is -4.61. The summed E-state index contributed by atoms with van der Waals surface area (Å²) in [5.41, 5.74) is 11.7. The van der Waals surface area contributed by atoms with E-state index < -0.39 is 10.0 Å². The molecule has 11 heteroatoms. The van der Waals surface area contributed by atoms with E-state index in [1.807, 2.05) is 48.7 Å². The molecule has 0 saturated carbocycles. The first-order valence-corrected chi connectivity index (χ1v) is 15.2. The van der Waals surface area contributed by atoms with Gasteiger partial charge in [-0.25, -0.2) is 18.4 Å². The van der Waals surface area contributed by atoms with Crippen molar-refractivity contribution in [3.8, 4) is 22.7 Å². The Labute approximate surface area is 244 Å². The average molecular weight is 585 g/mol. The van der Waals surface area contributed by atoms with Gasteiger partial charge >= 0.3 is 0 Å². The van der Waals surface area contributed by atoms with Crippen molar-refractivity contribution in [1.82, 2.24) is 14.5 Å². The molecule has 6 rings (SSSR count). The minimum atomic E-state index is -3.87. The SMILES string of the molecule is CC(C)Oc1ncc(-c2ccc3nc(N)n(-c4ccc(N5CCOCC5)cc4)c3c2)cc1NS(=O)(=O)c1ccccc1. The van der Waals surface area contributed by atoms with Crippen LogP contribution in [0.5, 0.6) is 5.88 Å². The molecule has 0 radical (unpaired) electrons. The van der Waals surface area contributed by atoms with Crippen molar-refractivity contribution < 1.29 is 17.9 Å². The van der Waals surface area contributed by atoms with Crippen molar-refractivity contribution in [3.05, 3.63) is 85.1 Å². The predicted octanol–water partition coefficient (Wildman–Crippen LogP) is 5.09. The number of nitrogen functional groups attached to an aromatic ring is 1. The summed E-state index contributed by atoms with van der Waals surface area (Å²) in [6, 6.07) is 23.9. The minimum absolute atomic E-state index is 0.145. The Morgan fingerprint density at radius 1 is 0.929 bits per heavy atom. The summed E-state index contributed by atoms with van der Waals surface area (Å²) in [7, 11) is -3.87. The van der Waals surface area contributed by atoms with E-state index in [-0.39, 0.29) is 22.6 Å². The maximum atomic E-state index is 13.2. The summed E-state index contributed by atoms with van der Waals surface area (Å²) in [6.45, 7) is 6.88. The summed E-state index contributed by atoms with van der Waals surface area (Å²) >= 11 is 0. The highest BCUT2D eigenvalue weighted by Gasteiger charge is 2.20. The van der Waals surface area contributed by atoms with Gasteiger partial charge in [0.05, 0.1) is 35.2 Å². The van der Waals surface area contributed by atoms with Crippen LogP contribution < -0.4 is 20.1 Å². The van der Waals surface area contributed by atoms with Crippen LogP contribution in [-0.2, 0) is 14.8 Å². The maximum absolute atomic E-state index is 13.2. The number of fused-ring (bicyclic) bond motifs is 1. The van der Waals surface area contributed by atoms with Crippen LogP contribution in [0.3, 0.4) is 0 Å². The predicted molar refractivity (Wildman–Crippen MR) is 165 cm³/mol. The molecule has 0 bridgehead atoms. The molecular formula is C31H32N6O4S. The second-order valence-corrected chi connectivity index (χ2v) is 12.0. The van der Waals surface area contributed by atoms with Gasteiger partial charge in [0.1, 0.15) is 5.69 Å². The molecule has 1 fully saturated rings. The lowest BCUT2D eigenvalue weighted by atomic mass is 10.1. The van der Waals surface area contributed by atoms with Crippen LogP contribution >= 0.6 is 0 Å². The molecule has 3 heterocycles. The number of pyridine rings is 1. The molecule has 2 aromatic heterocycles. The zero-order valence-corrected chi connectivity index (χ0v) is 24.2. The first kappa shape index (κ1) is 27.6. The molecule has 5 aromatic rings. The molecule has 0 amide bonds. The van der Waals surface area contributed by atoms with E-state index >= 15 is 0 Å². The number of imidazole rings is 1. The van der Waals surface area contributed by atoms with Gasteiger partial charge in [0.25, 0.3) is 10.0 Å². The van der Waals surface area contributed by atoms with E-state index in [0.717, 1.165) is 54.3 Å². The van der Waals surface area contributed by atoms with E-state index in [9.17, 15) is 8.42 Å². The molecule has 0 spiro atoms. The van der Waals surface area contributed by atoms with E-state index in [0.29, 0.717) is 11.5 Å². The maximum Gasteiger partial charge on any atom is 0.262 e. The third-order valence-corrected chi connectivity index (χ3v) is 8.38. The molecule has 1 saturated heterocycles. The van der Waals surface area contributed by atoms with Crippen molar-refractivity contribution in [2.24, 2.45) is 0 Å². The van der Waals surface area contributed by atoms with Gasteiger partial charge in [-0.05, 0) is 74.0 Å². The molecule has 0 atom stereocenters. The Bertz CT molecular complexity index is 1820. The van der Waals surface area contributed by atoms with Gasteiger partial charge in [-0.15, -0.1) is 0 Å². The lowest BCUT2D eigenvalue weighted by molar-refractivity contribution is 0.122. The number of hydrogen-bond acceptors (Lipinski definition) is 8. The van der Waals surface area contributed by atoms with Crippen molar-refractivity contribution in [3.63, 3.8) is 0 Å². The normalized spacial score (nSPS) is 13.9. The van der Waals surface area contributed by atoms with Gasteiger partial charge < -0.3 is 20.1 Å². The highest BCUT2D eigenvalue weighted by molar-refractivity contribution is 7.92. The zero-order valence-electron chi connectivity index (χ0n) is 23.4. The quantitative estimate of drug-likeness (QED) is 0.258. The number of rotatable bonds is 8. The summed E-state index contributed by atoms with van der Waals surface area (Å²) in [5, 5.41) is 0. The standard InChI is InChI=1S/C31H32N6O4S/c1-21(2)41-30-28(35-42(38,39)26-6-4-3-5-7-26)18-23(20-33-30)22-8-13-27-29(19-22)37(31(32)34-27)25-11-9-24(10-12-25)36-14-16-40-17-15-36/h3-13,18-21,35H,14-17H2,1-2H3,(H2,32,34). The lowest BCUT2D eigenvalue weighted by Gasteiger charge is -2.29. The number of sulfonamides is 1. The largest absolute Gasteiger partial charge is 0.473 e. The number of anilines is 3. The molecule has 10 nitrogen and oxygen atoms in total. The number of ether oxygens (including phenoxy) is 2. The monoisotopic (exact) mass is 584 g/mol. The molecule has 0 aliphatic carbocycles. The van der Waals surface area contributed by atoms with Crippen LogP contribution in [-0.4, -0.2) is 55.4 Å². The van der Waals surface area contributed by atoms with Crippen LogP contribution in [0.4, 0.5) is 17.3 Å². The highest BCUT2D eigenvalue weighted by atomic mass is 32.2. The summed E-state index contributed by atoms with van der Waals surface area (Å²) < 4.78 is 42.2. The van der Waals surface area contributed by atoms with Gasteiger partial charge in [-0.3, -0.25) is 9.29 Å². The summed E-state index contributed by atoms with van der Waals surface area (Å²) in [5.74, 6) is 0.570. The third-order valence-electron chi connectivity index (χ3n) is 6.99. The van der Waals surface area contributed by atoms with Crippen LogP contribution in [0.1, 0.15) is 13.8 Å². The molecule has 3 aromatic carbocycles. The van der Waals surface area contributed by atoms with E-state index in [4.69, 9.17) is 15.2 Å². The second-order valence-electron chi connectivity index (χ2n) is 10.3. The number of nitrogens with one attached hydrogen (secondary N) is 1. The summed E-state index contributed by atoms with van der Waals surface area (Å²) in [4.78, 5) is 11.5. The number of hydrogen-bond donors (Lipinski definition) is 2. The summed E-state index contributed by atoms with van der Waals surface area (Å²) in [6.07, 6.45) is 1.46. The average Bonchev–Trinajstić information content (AvgIpc) is 3.33. The lowest BCUT2D eigenvalue weighted by Crippen LogP contribution is -2.36. The van der Waals surface area contributed by atoms with E-state index in [1.165, 1.54) is 12.1 Å². The molecule has 1 aliphatic rings. The van der Waals surface area contributed by atoms with Crippen molar-refractivity contribution in [2.45, 2.75) is 24.8 Å². The number of nitrogens with two attached hydrogens (primary N) is 1. The first-order valence-electron chi connectivity index (χ1n) is 13.7. The third kappa shape index (κ3) is 5.61. The van der Waals surface area contributed by atoms with Gasteiger partial charge in [0.2, 0.25) is 11.8 Å². The fourth-order valence-electron chi connectivity index (χ4n) is 4.98. The fraction of sp³-hybridized carbons (Fsp3) is 0.226. The second kappa shape index (κ2) is 11.3. The number of aromatic nitrogens is 3. The smallest absolute Gasteiger partial charge is 0.262 e. The van der Waals surface area contributed by atoms with Gasteiger partial charge in [-0.2, -0.15) is 0 Å². The van der Waals surface area contributed by atoms with Gasteiger partial charge in [-0.1, -0.05) is 24.3 Å². The van der Waals surface area contributed by atoms with Crippen LogP contribution in [0, 0.1) is 0 Å². The number of morpholine rings is 1. The van der Waals surface area contributed by atoms with Crippen LogP contribution in [0.15, 0.2) is 90.0 Å². The van der Waals surface area contributed by atoms with Crippen molar-refractivity contribution in [1.29, 1.82) is 0 Å². The van der Waals surface area contributed by atoms with Gasteiger partial charge in [0.15, 0.2) is 0 Å².